The van der Waals surface area contributed by atoms with Crippen molar-refractivity contribution in [2.24, 2.45) is 0 Å². The molecule has 0 aliphatic rings. The molecule has 0 heterocycles. The van der Waals surface area contributed by atoms with E-state index in [1.54, 1.807) is 13.0 Å². The highest BCUT2D eigenvalue weighted by Crippen LogP contribution is 2.27. The molecule has 2 rings (SSSR count). The molecule has 0 radical (unpaired) electrons. The average Bonchev–Trinajstić information content (AvgIpc) is 2.33. The van der Waals surface area contributed by atoms with Crippen molar-refractivity contribution in [3.63, 3.8) is 0 Å². The van der Waals surface area contributed by atoms with Crippen LogP contribution >= 0.6 is 27.5 Å². The largest absolute Gasteiger partial charge is 0.288 e. The van der Waals surface area contributed by atoms with E-state index in [2.05, 4.69) is 15.9 Å². The van der Waals surface area contributed by atoms with E-state index < -0.39 is 17.4 Å². The van der Waals surface area contributed by atoms with Gasteiger partial charge in [0.15, 0.2) is 5.78 Å². The van der Waals surface area contributed by atoms with Gasteiger partial charge in [-0.25, -0.2) is 8.78 Å². The number of halogens is 4. The van der Waals surface area contributed by atoms with Gasteiger partial charge in [0, 0.05) is 4.47 Å². The molecule has 0 amide bonds. The molecule has 2 aromatic carbocycles. The first-order chi connectivity index (χ1) is 8.90. The Labute approximate surface area is 122 Å². The second kappa shape index (κ2) is 5.39. The van der Waals surface area contributed by atoms with Crippen molar-refractivity contribution in [2.45, 2.75) is 6.92 Å². The minimum atomic E-state index is -0.749. The van der Waals surface area contributed by atoms with Crippen molar-refractivity contribution in [3.8, 4) is 0 Å². The first-order valence-electron chi connectivity index (χ1n) is 5.35. The van der Waals surface area contributed by atoms with Crippen LogP contribution in [0.1, 0.15) is 21.5 Å². The summed E-state index contributed by atoms with van der Waals surface area (Å²) in [6.07, 6.45) is 0. The highest BCUT2D eigenvalue weighted by atomic mass is 79.9. The molecular formula is C14H8BrClF2O. The predicted molar refractivity (Wildman–Crippen MR) is 73.7 cm³/mol. The Morgan fingerprint density at radius 2 is 1.74 bits per heavy atom. The first kappa shape index (κ1) is 14.2. The average molecular weight is 346 g/mol. The lowest BCUT2D eigenvalue weighted by Gasteiger charge is -2.06. The second-order valence-electron chi connectivity index (χ2n) is 4.06. The number of carbonyl (C=O) groups is 1. The molecule has 0 unspecified atom stereocenters. The maximum absolute atomic E-state index is 13.7. The lowest BCUT2D eigenvalue weighted by Crippen LogP contribution is -2.07. The van der Waals surface area contributed by atoms with E-state index in [1.807, 2.05) is 0 Å². The normalized spacial score (nSPS) is 10.6. The van der Waals surface area contributed by atoms with Crippen molar-refractivity contribution < 1.29 is 13.6 Å². The SMILES string of the molecule is Cc1ccc(C(=O)c2cc(Cl)c(Br)cc2F)c(F)c1. The highest BCUT2D eigenvalue weighted by molar-refractivity contribution is 9.10. The minimum absolute atomic E-state index is 0.178. The van der Waals surface area contributed by atoms with Crippen molar-refractivity contribution in [1.29, 1.82) is 0 Å². The Balaban J connectivity index is 2.53. The molecule has 5 heteroatoms. The zero-order valence-corrected chi connectivity index (χ0v) is 12.1. The Hall–Kier alpha value is -1.26. The van der Waals surface area contributed by atoms with Crippen LogP contribution in [0.2, 0.25) is 5.02 Å². The molecule has 0 aliphatic carbocycles. The molecular weight excluding hydrogens is 338 g/mol. The summed E-state index contributed by atoms with van der Waals surface area (Å²) in [5.41, 5.74) is 0.252. The smallest absolute Gasteiger partial charge is 0.198 e. The number of hydrogen-bond donors (Lipinski definition) is 0. The topological polar surface area (TPSA) is 17.1 Å². The van der Waals surface area contributed by atoms with Gasteiger partial charge in [0.2, 0.25) is 0 Å². The maximum Gasteiger partial charge on any atom is 0.198 e. The maximum atomic E-state index is 13.7. The molecule has 0 aliphatic heterocycles. The van der Waals surface area contributed by atoms with Crippen LogP contribution in [0.5, 0.6) is 0 Å². The standard InChI is InChI=1S/C14H8BrClF2O/c1-7-2-3-8(12(17)4-7)14(19)9-5-11(16)10(15)6-13(9)18/h2-6H,1H3. The summed E-state index contributed by atoms with van der Waals surface area (Å²) in [6, 6.07) is 6.42. The van der Waals surface area contributed by atoms with Gasteiger partial charge in [0.25, 0.3) is 0 Å². The molecule has 0 aromatic heterocycles. The fraction of sp³-hybridized carbons (Fsp3) is 0.0714. The Morgan fingerprint density at radius 3 is 2.37 bits per heavy atom. The summed E-state index contributed by atoms with van der Waals surface area (Å²) in [5, 5.41) is 0.192. The zero-order valence-electron chi connectivity index (χ0n) is 9.81. The van der Waals surface area contributed by atoms with Crippen LogP contribution in [-0.4, -0.2) is 5.78 Å². The van der Waals surface area contributed by atoms with Crippen LogP contribution in [0, 0.1) is 18.6 Å². The van der Waals surface area contributed by atoms with Gasteiger partial charge in [-0.1, -0.05) is 17.7 Å². The molecule has 98 valence electrons. The summed E-state index contributed by atoms with van der Waals surface area (Å²) >= 11 is 8.88. The van der Waals surface area contributed by atoms with Gasteiger partial charge in [-0.15, -0.1) is 0 Å². The van der Waals surface area contributed by atoms with E-state index in [1.165, 1.54) is 18.2 Å². The van der Waals surface area contributed by atoms with Crippen molar-refractivity contribution in [1.82, 2.24) is 0 Å². The summed E-state index contributed by atoms with van der Waals surface area (Å²) in [4.78, 5) is 12.1. The lowest BCUT2D eigenvalue weighted by atomic mass is 10.0. The van der Waals surface area contributed by atoms with E-state index in [4.69, 9.17) is 11.6 Å². The molecule has 0 saturated carbocycles. The van der Waals surface area contributed by atoms with E-state index in [9.17, 15) is 13.6 Å². The summed E-state index contributed by atoms with van der Waals surface area (Å²) in [7, 11) is 0. The second-order valence-corrected chi connectivity index (χ2v) is 5.32. The molecule has 1 nitrogen and oxygen atoms in total. The molecule has 0 N–H and O–H groups in total. The summed E-state index contributed by atoms with van der Waals surface area (Å²) in [6.45, 7) is 1.70. The zero-order chi connectivity index (χ0) is 14.2. The van der Waals surface area contributed by atoms with Gasteiger partial charge in [-0.05, 0) is 52.7 Å². The predicted octanol–water partition coefficient (Wildman–Crippen LogP) is 4.92. The van der Waals surface area contributed by atoms with Crippen molar-refractivity contribution in [2.75, 3.05) is 0 Å². The third kappa shape index (κ3) is 2.85. The van der Waals surface area contributed by atoms with E-state index >= 15 is 0 Å². The Bertz CT molecular complexity index is 671. The van der Waals surface area contributed by atoms with Gasteiger partial charge >= 0.3 is 0 Å². The first-order valence-corrected chi connectivity index (χ1v) is 6.52. The molecule has 2 aromatic rings. The Morgan fingerprint density at radius 1 is 1.11 bits per heavy atom. The fourth-order valence-corrected chi connectivity index (χ4v) is 2.13. The van der Waals surface area contributed by atoms with Crippen LogP contribution < -0.4 is 0 Å². The van der Waals surface area contributed by atoms with Crippen LogP contribution in [0.4, 0.5) is 8.78 Å². The molecule has 19 heavy (non-hydrogen) atoms. The number of rotatable bonds is 2. The summed E-state index contributed by atoms with van der Waals surface area (Å²) < 4.78 is 27.8. The van der Waals surface area contributed by atoms with Gasteiger partial charge in [-0.2, -0.15) is 0 Å². The van der Waals surface area contributed by atoms with Gasteiger partial charge in [0.1, 0.15) is 11.6 Å². The van der Waals surface area contributed by atoms with Gasteiger partial charge in [0.05, 0.1) is 16.1 Å². The van der Waals surface area contributed by atoms with Crippen LogP contribution in [0.15, 0.2) is 34.8 Å². The van der Waals surface area contributed by atoms with Gasteiger partial charge < -0.3 is 0 Å². The van der Waals surface area contributed by atoms with Crippen molar-refractivity contribution >= 4 is 33.3 Å². The minimum Gasteiger partial charge on any atom is -0.288 e. The third-order valence-corrected chi connectivity index (χ3v) is 3.82. The van der Waals surface area contributed by atoms with Crippen molar-refractivity contribution in [3.05, 3.63) is 68.2 Å². The molecule has 0 saturated heterocycles. The lowest BCUT2D eigenvalue weighted by molar-refractivity contribution is 0.103. The van der Waals surface area contributed by atoms with Crippen LogP contribution in [0.3, 0.4) is 0 Å². The third-order valence-electron chi connectivity index (χ3n) is 2.62. The highest BCUT2D eigenvalue weighted by Gasteiger charge is 2.19. The Kier molecular flexibility index (Phi) is 4.02. The van der Waals surface area contributed by atoms with Crippen LogP contribution in [0.25, 0.3) is 0 Å². The number of aryl methyl sites for hydroxylation is 1. The van der Waals surface area contributed by atoms with E-state index in [0.717, 1.165) is 6.07 Å². The number of carbonyl (C=O) groups excluding carboxylic acids is 1. The quantitative estimate of drug-likeness (QED) is 0.558. The van der Waals surface area contributed by atoms with E-state index in [-0.39, 0.29) is 16.1 Å². The molecule has 0 fully saturated rings. The van der Waals surface area contributed by atoms with Crippen LogP contribution in [-0.2, 0) is 0 Å². The number of hydrogen-bond acceptors (Lipinski definition) is 1. The molecule has 0 bridgehead atoms. The number of ketones is 1. The van der Waals surface area contributed by atoms with Gasteiger partial charge in [-0.3, -0.25) is 4.79 Å². The number of benzene rings is 2. The molecule has 0 atom stereocenters. The monoisotopic (exact) mass is 344 g/mol. The fourth-order valence-electron chi connectivity index (χ4n) is 1.65. The summed E-state index contributed by atoms with van der Waals surface area (Å²) in [5.74, 6) is -2.16. The molecule has 0 spiro atoms. The van der Waals surface area contributed by atoms with E-state index in [0.29, 0.717) is 10.0 Å².